The third kappa shape index (κ3) is 20.1. The Morgan fingerprint density at radius 1 is 0.753 bits per heavy atom. The number of phenolic OH excluding ortho intramolecular Hbond substituents is 1. The lowest BCUT2D eigenvalue weighted by molar-refractivity contribution is -0.142. The Balaban J connectivity index is 1.68. The second-order valence-electron chi connectivity index (χ2n) is 17.3. The normalized spacial score (nSPS) is 21.9. The van der Waals surface area contributed by atoms with Crippen molar-refractivity contribution in [2.45, 2.75) is 107 Å². The van der Waals surface area contributed by atoms with Crippen LogP contribution in [0.5, 0.6) is 5.75 Å². The molecule has 7 atom stereocenters. The highest BCUT2D eigenvalue weighted by Crippen LogP contribution is 2.26. The van der Waals surface area contributed by atoms with Crippen molar-refractivity contribution in [2.75, 3.05) is 37.7 Å². The SMILES string of the molecule is N=C(N)NCCC[C@@H](NC(=O)C1CCCN1C(=O)C1CSSCCC(=O)NC(Cc2ccc(O)cc2)C(=O)N[C@@H](Cc2ccccc2)C(=O)NC(CCC(N)=O)C(=O)NC(CC(N)=O)C(=O)N1)C(=O)NCCN. The van der Waals surface area contributed by atoms with E-state index in [1.165, 1.54) is 17.0 Å². The van der Waals surface area contributed by atoms with Crippen LogP contribution in [0.15, 0.2) is 54.6 Å². The monoisotopic (exact) mass is 1050 g/mol. The number of amides is 10. The van der Waals surface area contributed by atoms with Gasteiger partial charge >= 0.3 is 0 Å². The summed E-state index contributed by atoms with van der Waals surface area (Å²) in [6.45, 7) is 0.559. The first-order chi connectivity index (χ1) is 34.8. The number of carbonyl (C=O) groups excluding carboxylic acids is 10. The molecule has 27 heteroatoms. The standard InChI is InChI=1S/C46H66N14O11S2/c47-17-19-52-39(65)29(8-4-18-53-46(50)51)56-44(70)35-9-5-20-60(35)45(71)34-25-73-72-21-16-38(64)54-31(23-27-10-12-28(61)13-11-27)41(67)57-32(22-26-6-2-1-3-7-26)42(68)55-30(14-15-36(48)62)40(66)58-33(24-37(49)63)43(69)59-34/h1-3,6-7,10-13,29-35,61H,4-5,8-9,14-25,47H2,(H2,48,62)(H2,49,63)(H,52,65)(H,54,64)(H,55,68)(H,56,70)(H,57,67)(H,58,66)(H,59,69)(H4,50,51,53)/t29-,30?,31?,32+,33?,34?,35?/m1/s1. The molecule has 2 heterocycles. The van der Waals surface area contributed by atoms with Crippen LogP contribution in [0.2, 0.25) is 0 Å². The van der Waals surface area contributed by atoms with E-state index in [0.717, 1.165) is 21.6 Å². The predicted molar refractivity (Wildman–Crippen MR) is 271 cm³/mol. The minimum absolute atomic E-state index is 0.0335. The summed E-state index contributed by atoms with van der Waals surface area (Å²) in [5.41, 5.74) is 23.1. The summed E-state index contributed by atoms with van der Waals surface area (Å²) in [5.74, 6) is -8.47. The van der Waals surface area contributed by atoms with E-state index in [9.17, 15) is 53.1 Å². The summed E-state index contributed by atoms with van der Waals surface area (Å²) in [5, 5.41) is 38.3. The maximum atomic E-state index is 14.6. The summed E-state index contributed by atoms with van der Waals surface area (Å²) in [6.07, 6.45) is -0.922. The molecule has 0 aliphatic carbocycles. The number of hydrogen-bond acceptors (Lipinski definition) is 15. The predicted octanol–water partition coefficient (Wildman–Crippen LogP) is -3.66. The van der Waals surface area contributed by atoms with Gasteiger partial charge in [-0.25, -0.2) is 0 Å². The van der Waals surface area contributed by atoms with Gasteiger partial charge in [0.2, 0.25) is 59.1 Å². The minimum Gasteiger partial charge on any atom is -0.508 e. The van der Waals surface area contributed by atoms with Crippen molar-refractivity contribution < 1.29 is 53.1 Å². The molecular weight excluding hydrogens is 989 g/mol. The smallest absolute Gasteiger partial charge is 0.246 e. The molecule has 0 spiro atoms. The molecule has 4 rings (SSSR count). The van der Waals surface area contributed by atoms with Crippen LogP contribution in [0.3, 0.4) is 0 Å². The van der Waals surface area contributed by atoms with E-state index in [1.807, 2.05) is 0 Å². The van der Waals surface area contributed by atoms with Crippen molar-refractivity contribution in [1.82, 2.24) is 47.4 Å². The Bertz CT molecular complexity index is 2280. The Morgan fingerprint density at radius 2 is 1.37 bits per heavy atom. The number of guanidine groups is 1. The first-order valence-electron chi connectivity index (χ1n) is 23.6. The first kappa shape index (κ1) is 58.4. The number of benzene rings is 2. The molecule has 0 saturated carbocycles. The zero-order valence-corrected chi connectivity index (χ0v) is 41.8. The zero-order chi connectivity index (χ0) is 53.5. The Labute approximate surface area is 429 Å². The van der Waals surface area contributed by atoms with Crippen LogP contribution in [0.1, 0.15) is 62.5 Å². The number of carbonyl (C=O) groups is 10. The summed E-state index contributed by atoms with van der Waals surface area (Å²) in [4.78, 5) is 138. The lowest BCUT2D eigenvalue weighted by Crippen LogP contribution is -2.61. The van der Waals surface area contributed by atoms with Crippen molar-refractivity contribution in [2.24, 2.45) is 22.9 Å². The average Bonchev–Trinajstić information content (AvgIpc) is 3.85. The second-order valence-corrected chi connectivity index (χ2v) is 19.9. The quantitative estimate of drug-likeness (QED) is 0.0279. The lowest BCUT2D eigenvalue weighted by Gasteiger charge is -2.31. The van der Waals surface area contributed by atoms with Gasteiger partial charge in [-0.1, -0.05) is 64.1 Å². The van der Waals surface area contributed by atoms with Gasteiger partial charge in [0.1, 0.15) is 48.0 Å². The third-order valence-corrected chi connectivity index (χ3v) is 14.0. The summed E-state index contributed by atoms with van der Waals surface area (Å²) >= 11 is 0. The maximum Gasteiger partial charge on any atom is 0.246 e. The first-order valence-corrected chi connectivity index (χ1v) is 26.1. The molecule has 25 nitrogen and oxygen atoms in total. The summed E-state index contributed by atoms with van der Waals surface area (Å²) < 4.78 is 0. The average molecular weight is 1060 g/mol. The van der Waals surface area contributed by atoms with Gasteiger partial charge in [0.05, 0.1) is 6.42 Å². The highest BCUT2D eigenvalue weighted by molar-refractivity contribution is 8.76. The fourth-order valence-electron chi connectivity index (χ4n) is 7.83. The number of phenols is 1. The van der Waals surface area contributed by atoms with Crippen LogP contribution in [0.25, 0.3) is 0 Å². The molecule has 10 amide bonds. The molecule has 398 valence electrons. The molecule has 2 saturated heterocycles. The van der Waals surface area contributed by atoms with Crippen molar-refractivity contribution in [3.8, 4) is 5.75 Å². The van der Waals surface area contributed by atoms with Crippen molar-refractivity contribution in [3.05, 3.63) is 65.7 Å². The van der Waals surface area contributed by atoms with Gasteiger partial charge in [0.15, 0.2) is 5.96 Å². The van der Waals surface area contributed by atoms with Gasteiger partial charge in [-0.3, -0.25) is 53.4 Å². The van der Waals surface area contributed by atoms with Gasteiger partial charge in [0.25, 0.3) is 0 Å². The van der Waals surface area contributed by atoms with Gasteiger partial charge in [-0.05, 0) is 55.4 Å². The molecule has 2 aliphatic heterocycles. The van der Waals surface area contributed by atoms with E-state index in [1.54, 1.807) is 42.5 Å². The highest BCUT2D eigenvalue weighted by Gasteiger charge is 2.40. The van der Waals surface area contributed by atoms with Crippen molar-refractivity contribution in [1.29, 1.82) is 5.41 Å². The largest absolute Gasteiger partial charge is 0.508 e. The number of hydrogen-bond donors (Lipinski definition) is 14. The van der Waals surface area contributed by atoms with E-state index in [2.05, 4.69) is 42.5 Å². The number of primary amides is 2. The number of nitrogens with two attached hydrogens (primary N) is 4. The lowest BCUT2D eigenvalue weighted by atomic mass is 10.0. The molecule has 2 aromatic carbocycles. The Kier molecular flexibility index (Phi) is 24.0. The number of likely N-dealkylation sites (tertiary alicyclic amines) is 1. The molecule has 2 fully saturated rings. The van der Waals surface area contributed by atoms with Crippen LogP contribution in [0.4, 0.5) is 0 Å². The highest BCUT2D eigenvalue weighted by atomic mass is 33.1. The molecule has 2 aliphatic rings. The third-order valence-electron chi connectivity index (χ3n) is 11.5. The fourth-order valence-corrected chi connectivity index (χ4v) is 9.97. The molecule has 5 unspecified atom stereocenters. The van der Waals surface area contributed by atoms with Crippen LogP contribution >= 0.6 is 21.6 Å². The minimum atomic E-state index is -1.75. The summed E-state index contributed by atoms with van der Waals surface area (Å²) in [6, 6.07) is 4.93. The molecular formula is C46H66N14O11S2. The van der Waals surface area contributed by atoms with Crippen molar-refractivity contribution in [3.63, 3.8) is 0 Å². The molecule has 18 N–H and O–H groups in total. The van der Waals surface area contributed by atoms with Gasteiger partial charge in [-0.2, -0.15) is 0 Å². The Morgan fingerprint density at radius 3 is 2.01 bits per heavy atom. The number of nitrogens with zero attached hydrogens (tertiary/aromatic N) is 1. The van der Waals surface area contributed by atoms with E-state index >= 15 is 0 Å². The fraction of sp³-hybridized carbons (Fsp3) is 0.500. The topological polar surface area (TPSA) is 418 Å². The van der Waals surface area contributed by atoms with Crippen molar-refractivity contribution >= 4 is 86.6 Å². The number of rotatable bonds is 19. The second kappa shape index (κ2) is 30.0. The number of nitrogens with one attached hydrogen (secondary N) is 9. The van der Waals surface area contributed by atoms with Crippen LogP contribution in [-0.2, 0) is 60.8 Å². The molecule has 0 radical (unpaired) electrons. The van der Waals surface area contributed by atoms with E-state index < -0.39 is 121 Å². The van der Waals surface area contributed by atoms with Crippen LogP contribution in [0, 0.1) is 5.41 Å². The van der Waals surface area contributed by atoms with Crippen LogP contribution in [-0.4, -0.2) is 155 Å². The zero-order valence-electron chi connectivity index (χ0n) is 40.2. The Hall–Kier alpha value is -7.13. The van der Waals surface area contributed by atoms with Crippen LogP contribution < -0.4 is 65.5 Å². The van der Waals surface area contributed by atoms with Gasteiger partial charge in [0, 0.05) is 63.4 Å². The molecule has 0 aromatic heterocycles. The van der Waals surface area contributed by atoms with Gasteiger partial charge in [-0.15, -0.1) is 0 Å². The van der Waals surface area contributed by atoms with E-state index in [4.69, 9.17) is 28.3 Å². The summed E-state index contributed by atoms with van der Waals surface area (Å²) in [7, 11) is 2.24. The van der Waals surface area contributed by atoms with E-state index in [-0.39, 0.29) is 81.5 Å². The maximum absolute atomic E-state index is 14.6. The number of aromatic hydroxyl groups is 1. The van der Waals surface area contributed by atoms with Gasteiger partial charge < -0.3 is 75.5 Å². The molecule has 2 aromatic rings. The molecule has 0 bridgehead atoms. The van der Waals surface area contributed by atoms with E-state index in [0.29, 0.717) is 24.0 Å². The molecule has 73 heavy (non-hydrogen) atoms.